The van der Waals surface area contributed by atoms with Crippen molar-refractivity contribution in [3.63, 3.8) is 0 Å². The van der Waals surface area contributed by atoms with Gasteiger partial charge in [-0.15, -0.1) is 0 Å². The molecule has 4 nitrogen and oxygen atoms in total. The molecule has 1 atom stereocenters. The van der Waals surface area contributed by atoms with Crippen LogP contribution >= 0.6 is 0 Å². The SMILES string of the molecule is CCOC1CN(C(=O)NC(c2ccccc2)C(F)F)C1. The number of nitrogens with zero attached hydrogens (tertiary/aromatic N) is 1. The Kier molecular flexibility index (Phi) is 4.89. The fourth-order valence-corrected chi connectivity index (χ4v) is 2.12. The molecule has 0 aromatic heterocycles. The first kappa shape index (κ1) is 14.7. The van der Waals surface area contributed by atoms with Gasteiger partial charge in [0.1, 0.15) is 6.04 Å². The fourth-order valence-electron chi connectivity index (χ4n) is 2.12. The van der Waals surface area contributed by atoms with Crippen LogP contribution in [0.25, 0.3) is 0 Å². The predicted molar refractivity (Wildman–Crippen MR) is 70.7 cm³/mol. The monoisotopic (exact) mass is 284 g/mol. The molecule has 1 aromatic rings. The third kappa shape index (κ3) is 3.45. The molecule has 1 N–H and O–H groups in total. The highest BCUT2D eigenvalue weighted by Crippen LogP contribution is 2.21. The molecule has 110 valence electrons. The Bertz CT molecular complexity index is 436. The zero-order valence-corrected chi connectivity index (χ0v) is 11.3. The minimum absolute atomic E-state index is 0.0208. The summed E-state index contributed by atoms with van der Waals surface area (Å²) in [6.45, 7) is 3.36. The van der Waals surface area contributed by atoms with E-state index in [0.717, 1.165) is 0 Å². The molecular weight excluding hydrogens is 266 g/mol. The summed E-state index contributed by atoms with van der Waals surface area (Å²) in [5, 5.41) is 2.38. The van der Waals surface area contributed by atoms with Gasteiger partial charge in [-0.25, -0.2) is 13.6 Å². The van der Waals surface area contributed by atoms with Gasteiger partial charge in [0.05, 0.1) is 19.2 Å². The normalized spacial score (nSPS) is 16.9. The van der Waals surface area contributed by atoms with Crippen LogP contribution in [0.2, 0.25) is 0 Å². The van der Waals surface area contributed by atoms with Gasteiger partial charge < -0.3 is 15.0 Å². The van der Waals surface area contributed by atoms with Crippen LogP contribution < -0.4 is 5.32 Å². The van der Waals surface area contributed by atoms with Crippen molar-refractivity contribution in [1.29, 1.82) is 0 Å². The number of hydrogen-bond acceptors (Lipinski definition) is 2. The Morgan fingerprint density at radius 1 is 1.40 bits per heavy atom. The van der Waals surface area contributed by atoms with Crippen LogP contribution in [-0.2, 0) is 4.74 Å². The van der Waals surface area contributed by atoms with E-state index in [1.165, 1.54) is 4.90 Å². The maximum absolute atomic E-state index is 13.1. The third-order valence-electron chi connectivity index (χ3n) is 3.23. The first-order valence-corrected chi connectivity index (χ1v) is 6.62. The van der Waals surface area contributed by atoms with Crippen LogP contribution in [0.1, 0.15) is 18.5 Å². The average Bonchev–Trinajstić information content (AvgIpc) is 2.40. The van der Waals surface area contributed by atoms with E-state index < -0.39 is 18.5 Å². The summed E-state index contributed by atoms with van der Waals surface area (Å²) >= 11 is 0. The maximum atomic E-state index is 13.1. The summed E-state index contributed by atoms with van der Waals surface area (Å²) in [6.07, 6.45) is -2.63. The standard InChI is InChI=1S/C14H18F2N2O2/c1-2-20-11-8-18(9-11)14(19)17-12(13(15)16)10-6-4-3-5-7-10/h3-7,11-13H,2,8-9H2,1H3,(H,17,19). The molecule has 2 rings (SSSR count). The van der Waals surface area contributed by atoms with Crippen LogP contribution in [0.4, 0.5) is 13.6 Å². The number of carbonyl (C=O) groups excluding carboxylic acids is 1. The number of rotatable bonds is 5. The highest BCUT2D eigenvalue weighted by molar-refractivity contribution is 5.75. The Morgan fingerprint density at radius 3 is 2.60 bits per heavy atom. The van der Waals surface area contributed by atoms with E-state index in [1.807, 2.05) is 6.92 Å². The Labute approximate surface area is 116 Å². The Morgan fingerprint density at radius 2 is 2.05 bits per heavy atom. The molecule has 1 aliphatic heterocycles. The second-order valence-corrected chi connectivity index (χ2v) is 4.65. The predicted octanol–water partition coefficient (Wildman–Crippen LogP) is 2.42. The highest BCUT2D eigenvalue weighted by Gasteiger charge is 2.33. The van der Waals surface area contributed by atoms with Crippen molar-refractivity contribution in [1.82, 2.24) is 10.2 Å². The van der Waals surface area contributed by atoms with Crippen molar-refractivity contribution < 1.29 is 18.3 Å². The van der Waals surface area contributed by atoms with Crippen molar-refractivity contribution in [3.05, 3.63) is 35.9 Å². The smallest absolute Gasteiger partial charge is 0.318 e. The molecule has 1 fully saturated rings. The largest absolute Gasteiger partial charge is 0.375 e. The molecule has 0 spiro atoms. The molecule has 2 amide bonds. The first-order valence-electron chi connectivity index (χ1n) is 6.62. The molecule has 0 aliphatic carbocycles. The molecular formula is C14H18F2N2O2. The number of likely N-dealkylation sites (tertiary alicyclic amines) is 1. The second-order valence-electron chi connectivity index (χ2n) is 4.65. The van der Waals surface area contributed by atoms with E-state index in [1.54, 1.807) is 30.3 Å². The van der Waals surface area contributed by atoms with Gasteiger partial charge in [-0.2, -0.15) is 0 Å². The number of urea groups is 1. The van der Waals surface area contributed by atoms with Crippen molar-refractivity contribution in [3.8, 4) is 0 Å². The lowest BCUT2D eigenvalue weighted by atomic mass is 10.1. The molecule has 6 heteroatoms. The summed E-state index contributed by atoms with van der Waals surface area (Å²) < 4.78 is 31.5. The Hall–Kier alpha value is -1.69. The summed E-state index contributed by atoms with van der Waals surface area (Å²) in [5.41, 5.74) is 0.401. The summed E-state index contributed by atoms with van der Waals surface area (Å²) in [7, 11) is 0. The maximum Gasteiger partial charge on any atom is 0.318 e. The van der Waals surface area contributed by atoms with E-state index in [2.05, 4.69) is 5.32 Å². The molecule has 0 saturated carbocycles. The number of amides is 2. The van der Waals surface area contributed by atoms with Crippen molar-refractivity contribution in [2.24, 2.45) is 0 Å². The van der Waals surface area contributed by atoms with E-state index in [9.17, 15) is 13.6 Å². The highest BCUT2D eigenvalue weighted by atomic mass is 19.3. The van der Waals surface area contributed by atoms with E-state index >= 15 is 0 Å². The van der Waals surface area contributed by atoms with Crippen LogP contribution in [0, 0.1) is 0 Å². The molecule has 1 aliphatic rings. The number of carbonyl (C=O) groups is 1. The summed E-state index contributed by atoms with van der Waals surface area (Å²) in [6, 6.07) is 6.49. The molecule has 1 saturated heterocycles. The number of hydrogen-bond donors (Lipinski definition) is 1. The second kappa shape index (κ2) is 6.65. The van der Waals surface area contributed by atoms with Crippen molar-refractivity contribution >= 4 is 6.03 Å². The van der Waals surface area contributed by atoms with Gasteiger partial charge >= 0.3 is 6.03 Å². The number of ether oxygens (including phenoxy) is 1. The molecule has 20 heavy (non-hydrogen) atoms. The van der Waals surface area contributed by atoms with Crippen LogP contribution in [0.5, 0.6) is 0 Å². The van der Waals surface area contributed by atoms with E-state index in [4.69, 9.17) is 4.74 Å². The lowest BCUT2D eigenvalue weighted by molar-refractivity contribution is -0.0316. The van der Waals surface area contributed by atoms with Gasteiger partial charge in [-0.05, 0) is 12.5 Å². The van der Waals surface area contributed by atoms with Crippen molar-refractivity contribution in [2.75, 3.05) is 19.7 Å². The van der Waals surface area contributed by atoms with Crippen molar-refractivity contribution in [2.45, 2.75) is 25.5 Å². The number of nitrogens with one attached hydrogen (secondary N) is 1. The van der Waals surface area contributed by atoms with Gasteiger partial charge in [0, 0.05) is 6.61 Å². The van der Waals surface area contributed by atoms with Crippen LogP contribution in [0.15, 0.2) is 30.3 Å². The van der Waals surface area contributed by atoms with Gasteiger partial charge in [0.2, 0.25) is 0 Å². The molecule has 0 bridgehead atoms. The van der Waals surface area contributed by atoms with Crippen LogP contribution in [0.3, 0.4) is 0 Å². The van der Waals surface area contributed by atoms with Gasteiger partial charge in [0.15, 0.2) is 0 Å². The van der Waals surface area contributed by atoms with Crippen LogP contribution in [-0.4, -0.2) is 43.2 Å². The first-order chi connectivity index (χ1) is 9.61. The topological polar surface area (TPSA) is 41.6 Å². The number of alkyl halides is 2. The summed E-state index contributed by atoms with van der Waals surface area (Å²) in [4.78, 5) is 13.4. The lowest BCUT2D eigenvalue weighted by Gasteiger charge is -2.39. The van der Waals surface area contributed by atoms with Gasteiger partial charge in [-0.3, -0.25) is 0 Å². The lowest BCUT2D eigenvalue weighted by Crippen LogP contribution is -2.58. The average molecular weight is 284 g/mol. The molecule has 1 unspecified atom stereocenters. The fraction of sp³-hybridized carbons (Fsp3) is 0.500. The zero-order valence-electron chi connectivity index (χ0n) is 11.3. The van der Waals surface area contributed by atoms with E-state index in [0.29, 0.717) is 25.3 Å². The van der Waals surface area contributed by atoms with Gasteiger partial charge in [0.25, 0.3) is 6.43 Å². The molecule has 0 radical (unpaired) electrons. The number of halogens is 2. The van der Waals surface area contributed by atoms with E-state index in [-0.39, 0.29) is 6.10 Å². The third-order valence-corrected chi connectivity index (χ3v) is 3.23. The quantitative estimate of drug-likeness (QED) is 0.902. The number of benzene rings is 1. The minimum atomic E-state index is -2.65. The Balaban J connectivity index is 1.91. The molecule has 1 aromatic carbocycles. The van der Waals surface area contributed by atoms with Gasteiger partial charge in [-0.1, -0.05) is 30.3 Å². The summed E-state index contributed by atoms with van der Waals surface area (Å²) in [5.74, 6) is 0. The molecule has 1 heterocycles. The zero-order chi connectivity index (χ0) is 14.5. The minimum Gasteiger partial charge on any atom is -0.375 e.